The lowest BCUT2D eigenvalue weighted by atomic mass is 9.87. The minimum absolute atomic E-state index is 0.192. The Morgan fingerprint density at radius 3 is 2.90 bits per heavy atom. The van der Waals surface area contributed by atoms with E-state index in [0.29, 0.717) is 12.5 Å². The number of aryl methyl sites for hydroxylation is 1. The van der Waals surface area contributed by atoms with Crippen LogP contribution in [0.5, 0.6) is 0 Å². The molecule has 1 N–H and O–H groups in total. The monoisotopic (exact) mass is 291 g/mol. The van der Waals surface area contributed by atoms with Gasteiger partial charge in [-0.25, -0.2) is 9.97 Å². The topological polar surface area (TPSA) is 47.0 Å². The Hall–Kier alpha value is -1.00. The second-order valence-corrected chi connectivity index (χ2v) is 7.05. The molecule has 1 aromatic rings. The summed E-state index contributed by atoms with van der Waals surface area (Å²) in [5, 5.41) is 3.61. The van der Waals surface area contributed by atoms with Crippen LogP contribution in [0.2, 0.25) is 0 Å². The number of aromatic nitrogens is 2. The minimum atomic E-state index is 0.192. The molecular weight excluding hydrogens is 262 g/mol. The molecule has 118 valence electrons. The zero-order valence-corrected chi connectivity index (χ0v) is 13.9. The maximum Gasteiger partial charge on any atom is 0.154 e. The summed E-state index contributed by atoms with van der Waals surface area (Å²) in [4.78, 5) is 9.12. The Morgan fingerprint density at radius 2 is 2.19 bits per heavy atom. The molecule has 0 aromatic carbocycles. The molecule has 1 aliphatic carbocycles. The number of hydrogen-bond acceptors (Lipinski definition) is 4. The molecule has 1 aromatic heterocycles. The molecule has 0 saturated carbocycles. The second kappa shape index (κ2) is 7.32. The Morgan fingerprint density at radius 1 is 1.38 bits per heavy atom. The van der Waals surface area contributed by atoms with E-state index < -0.39 is 0 Å². The van der Waals surface area contributed by atoms with Crippen LogP contribution in [0.1, 0.15) is 57.6 Å². The van der Waals surface area contributed by atoms with Crippen LogP contribution in [0.15, 0.2) is 6.20 Å². The standard InChI is InChI=1S/C17H29N3O/c1-5-8-21-12-16-18-11-14-9-13(6-7-15(14)20-16)10-19-17(2,3)4/h11,13,19H,5-10,12H2,1-4H3. The first kappa shape index (κ1) is 16.4. The summed E-state index contributed by atoms with van der Waals surface area (Å²) in [6, 6.07) is 0. The fraction of sp³-hybridized carbons (Fsp3) is 0.765. The van der Waals surface area contributed by atoms with Crippen LogP contribution in [-0.4, -0.2) is 28.7 Å². The van der Waals surface area contributed by atoms with Crippen LogP contribution in [0.25, 0.3) is 0 Å². The van der Waals surface area contributed by atoms with E-state index in [2.05, 4.69) is 43.0 Å². The molecule has 0 saturated heterocycles. The lowest BCUT2D eigenvalue weighted by molar-refractivity contribution is 0.115. The van der Waals surface area contributed by atoms with E-state index in [0.717, 1.165) is 38.2 Å². The molecule has 0 spiro atoms. The van der Waals surface area contributed by atoms with Gasteiger partial charge in [-0.05, 0) is 64.5 Å². The van der Waals surface area contributed by atoms with E-state index in [1.165, 1.54) is 17.7 Å². The summed E-state index contributed by atoms with van der Waals surface area (Å²) in [5.74, 6) is 1.52. The highest BCUT2D eigenvalue weighted by molar-refractivity contribution is 5.21. The van der Waals surface area contributed by atoms with Gasteiger partial charge in [-0.2, -0.15) is 0 Å². The summed E-state index contributed by atoms with van der Waals surface area (Å²) in [7, 11) is 0. The summed E-state index contributed by atoms with van der Waals surface area (Å²) in [6.45, 7) is 11.2. The minimum Gasteiger partial charge on any atom is -0.373 e. The van der Waals surface area contributed by atoms with Crippen LogP contribution in [-0.2, 0) is 24.2 Å². The van der Waals surface area contributed by atoms with Crippen molar-refractivity contribution in [2.45, 2.75) is 65.5 Å². The van der Waals surface area contributed by atoms with Crippen molar-refractivity contribution in [1.29, 1.82) is 0 Å². The van der Waals surface area contributed by atoms with Gasteiger partial charge in [0.15, 0.2) is 5.82 Å². The highest BCUT2D eigenvalue weighted by Crippen LogP contribution is 2.24. The van der Waals surface area contributed by atoms with E-state index in [1.54, 1.807) is 0 Å². The molecular formula is C17H29N3O. The van der Waals surface area contributed by atoms with Gasteiger partial charge in [-0.3, -0.25) is 0 Å². The van der Waals surface area contributed by atoms with Crippen LogP contribution in [0, 0.1) is 5.92 Å². The van der Waals surface area contributed by atoms with Gasteiger partial charge < -0.3 is 10.1 Å². The normalized spacial score (nSPS) is 18.6. The first-order chi connectivity index (χ1) is 9.98. The lowest BCUT2D eigenvalue weighted by Gasteiger charge is -2.28. The zero-order valence-electron chi connectivity index (χ0n) is 13.9. The van der Waals surface area contributed by atoms with Gasteiger partial charge in [0.1, 0.15) is 6.61 Å². The number of hydrogen-bond donors (Lipinski definition) is 1. The fourth-order valence-electron chi connectivity index (χ4n) is 2.63. The Balaban J connectivity index is 1.90. The molecule has 1 aliphatic rings. The Bertz CT molecular complexity index is 454. The van der Waals surface area contributed by atoms with E-state index in [9.17, 15) is 0 Å². The predicted octanol–water partition coefficient (Wildman–Crippen LogP) is 2.90. The van der Waals surface area contributed by atoms with Crippen LogP contribution in [0.3, 0.4) is 0 Å². The maximum atomic E-state index is 5.52. The van der Waals surface area contributed by atoms with E-state index >= 15 is 0 Å². The summed E-state index contributed by atoms with van der Waals surface area (Å²) in [6.07, 6.45) is 6.41. The molecule has 1 unspecified atom stereocenters. The Kier molecular flexibility index (Phi) is 5.71. The number of rotatable bonds is 6. The molecule has 0 radical (unpaired) electrons. The fourth-order valence-corrected chi connectivity index (χ4v) is 2.63. The van der Waals surface area contributed by atoms with Gasteiger partial charge in [0.05, 0.1) is 0 Å². The molecule has 0 aliphatic heterocycles. The molecule has 1 atom stereocenters. The summed E-state index contributed by atoms with van der Waals surface area (Å²) < 4.78 is 5.52. The molecule has 0 fully saturated rings. The van der Waals surface area contributed by atoms with E-state index in [1.807, 2.05) is 6.20 Å². The van der Waals surface area contributed by atoms with Gasteiger partial charge in [0, 0.05) is 24.0 Å². The van der Waals surface area contributed by atoms with Crippen molar-refractivity contribution in [3.05, 3.63) is 23.3 Å². The number of ether oxygens (including phenoxy) is 1. The number of fused-ring (bicyclic) bond motifs is 1. The van der Waals surface area contributed by atoms with Gasteiger partial charge in [0.25, 0.3) is 0 Å². The molecule has 0 amide bonds. The molecule has 2 rings (SSSR count). The van der Waals surface area contributed by atoms with Gasteiger partial charge in [-0.1, -0.05) is 6.92 Å². The smallest absolute Gasteiger partial charge is 0.154 e. The molecule has 1 heterocycles. The van der Waals surface area contributed by atoms with Crippen LogP contribution < -0.4 is 5.32 Å². The van der Waals surface area contributed by atoms with Gasteiger partial charge in [-0.15, -0.1) is 0 Å². The molecule has 21 heavy (non-hydrogen) atoms. The third-order valence-electron chi connectivity index (χ3n) is 3.80. The average Bonchev–Trinajstić information content (AvgIpc) is 2.44. The van der Waals surface area contributed by atoms with Crippen molar-refractivity contribution in [2.75, 3.05) is 13.2 Å². The predicted molar refractivity (Wildman–Crippen MR) is 85.2 cm³/mol. The van der Waals surface area contributed by atoms with Crippen molar-refractivity contribution in [3.8, 4) is 0 Å². The third kappa shape index (κ3) is 5.36. The molecule has 0 bridgehead atoms. The van der Waals surface area contributed by atoms with Crippen molar-refractivity contribution in [2.24, 2.45) is 5.92 Å². The van der Waals surface area contributed by atoms with Crippen LogP contribution >= 0.6 is 0 Å². The maximum absolute atomic E-state index is 5.52. The van der Waals surface area contributed by atoms with Gasteiger partial charge >= 0.3 is 0 Å². The molecule has 4 heteroatoms. The third-order valence-corrected chi connectivity index (χ3v) is 3.80. The Labute approximate surface area is 128 Å². The SMILES string of the molecule is CCCOCc1ncc2c(n1)CCC(CNC(C)(C)C)C2. The summed E-state index contributed by atoms with van der Waals surface area (Å²) in [5.41, 5.74) is 2.74. The quantitative estimate of drug-likeness (QED) is 0.819. The van der Waals surface area contributed by atoms with E-state index in [-0.39, 0.29) is 5.54 Å². The second-order valence-electron chi connectivity index (χ2n) is 7.05. The summed E-state index contributed by atoms with van der Waals surface area (Å²) >= 11 is 0. The van der Waals surface area contributed by atoms with Crippen molar-refractivity contribution in [1.82, 2.24) is 15.3 Å². The van der Waals surface area contributed by atoms with Crippen molar-refractivity contribution < 1.29 is 4.74 Å². The molecule has 4 nitrogen and oxygen atoms in total. The number of nitrogens with zero attached hydrogens (tertiary/aromatic N) is 2. The van der Waals surface area contributed by atoms with Crippen LogP contribution in [0.4, 0.5) is 0 Å². The zero-order chi connectivity index (χ0) is 15.3. The van der Waals surface area contributed by atoms with Gasteiger partial charge in [0.2, 0.25) is 0 Å². The van der Waals surface area contributed by atoms with Crippen molar-refractivity contribution in [3.63, 3.8) is 0 Å². The first-order valence-corrected chi connectivity index (χ1v) is 8.14. The lowest BCUT2D eigenvalue weighted by Crippen LogP contribution is -2.40. The highest BCUT2D eigenvalue weighted by Gasteiger charge is 2.22. The number of nitrogens with one attached hydrogen (secondary N) is 1. The van der Waals surface area contributed by atoms with E-state index in [4.69, 9.17) is 4.74 Å². The van der Waals surface area contributed by atoms with Crippen molar-refractivity contribution >= 4 is 0 Å². The largest absolute Gasteiger partial charge is 0.373 e. The average molecular weight is 291 g/mol. The highest BCUT2D eigenvalue weighted by atomic mass is 16.5. The first-order valence-electron chi connectivity index (χ1n) is 8.14.